The van der Waals surface area contributed by atoms with Crippen molar-refractivity contribution in [3.05, 3.63) is 69.9 Å². The maximum absolute atomic E-state index is 12.6. The number of anilines is 1. The molecule has 25 heavy (non-hydrogen) atoms. The first-order valence-electron chi connectivity index (χ1n) is 7.30. The topological polar surface area (TPSA) is 72.5 Å². The van der Waals surface area contributed by atoms with Gasteiger partial charge in [-0.15, -0.1) is 0 Å². The zero-order valence-electron chi connectivity index (χ0n) is 12.8. The van der Waals surface area contributed by atoms with Gasteiger partial charge in [-0.25, -0.2) is 8.42 Å². The van der Waals surface area contributed by atoms with E-state index < -0.39 is 15.7 Å². The summed E-state index contributed by atoms with van der Waals surface area (Å²) < 4.78 is 30.4. The Bertz CT molecular complexity index is 956. The molecule has 1 amide bonds. The van der Waals surface area contributed by atoms with Crippen molar-refractivity contribution >= 4 is 49.5 Å². The number of nitrogens with one attached hydrogen (secondary N) is 1. The van der Waals surface area contributed by atoms with E-state index in [1.807, 2.05) is 0 Å². The third kappa shape index (κ3) is 3.81. The van der Waals surface area contributed by atoms with Gasteiger partial charge in [0.2, 0.25) is 5.76 Å². The number of carbonyl (C=O) groups is 1. The second-order valence-corrected chi connectivity index (χ2v) is 8.16. The van der Waals surface area contributed by atoms with Crippen LogP contribution in [-0.2, 0) is 19.4 Å². The average Bonchev–Trinajstić information content (AvgIpc) is 2.58. The molecule has 0 fully saturated rings. The molecular formula is C17H13Cl2NO4S. The van der Waals surface area contributed by atoms with Gasteiger partial charge in [-0.1, -0.05) is 53.5 Å². The summed E-state index contributed by atoms with van der Waals surface area (Å²) in [7, 11) is -3.65. The zero-order valence-corrected chi connectivity index (χ0v) is 15.2. The fourth-order valence-electron chi connectivity index (χ4n) is 2.40. The summed E-state index contributed by atoms with van der Waals surface area (Å²) in [5.74, 6) is -1.15. The Kier molecular flexibility index (Phi) is 5.03. The van der Waals surface area contributed by atoms with Crippen LogP contribution >= 0.6 is 23.2 Å². The van der Waals surface area contributed by atoms with Crippen LogP contribution in [0.5, 0.6) is 0 Å². The Morgan fingerprint density at radius 1 is 1.08 bits per heavy atom. The van der Waals surface area contributed by atoms with Gasteiger partial charge < -0.3 is 10.1 Å². The van der Waals surface area contributed by atoms with Crippen molar-refractivity contribution in [1.82, 2.24) is 0 Å². The Morgan fingerprint density at radius 3 is 2.52 bits per heavy atom. The van der Waals surface area contributed by atoms with E-state index in [0.717, 1.165) is 0 Å². The van der Waals surface area contributed by atoms with Crippen LogP contribution in [0.2, 0.25) is 10.0 Å². The number of halogens is 2. The smallest absolute Gasteiger partial charge is 0.292 e. The number of hydrogen-bond donors (Lipinski definition) is 1. The fraction of sp³-hybridized carbons (Fsp3) is 0.118. The van der Waals surface area contributed by atoms with Gasteiger partial charge in [0.25, 0.3) is 5.91 Å². The lowest BCUT2D eigenvalue weighted by Crippen LogP contribution is -2.28. The molecular weight excluding hydrogens is 385 g/mol. The summed E-state index contributed by atoms with van der Waals surface area (Å²) in [4.78, 5) is 12.5. The van der Waals surface area contributed by atoms with Crippen LogP contribution in [0, 0.1) is 0 Å². The minimum atomic E-state index is -3.65. The molecule has 1 heterocycles. The summed E-state index contributed by atoms with van der Waals surface area (Å²) in [5, 5.41) is 3.22. The van der Waals surface area contributed by atoms with E-state index in [-0.39, 0.29) is 33.7 Å². The lowest BCUT2D eigenvalue weighted by atomic mass is 10.2. The van der Waals surface area contributed by atoms with E-state index in [1.54, 1.807) is 36.4 Å². The molecule has 2 aromatic carbocycles. The Labute approximate surface area is 155 Å². The summed E-state index contributed by atoms with van der Waals surface area (Å²) in [5.41, 5.74) is 0.662. The molecule has 0 saturated heterocycles. The van der Waals surface area contributed by atoms with Crippen molar-refractivity contribution in [2.24, 2.45) is 0 Å². The summed E-state index contributed by atoms with van der Waals surface area (Å²) in [6.45, 7) is -0.0926. The molecule has 1 aliphatic heterocycles. The van der Waals surface area contributed by atoms with E-state index in [2.05, 4.69) is 5.32 Å². The molecule has 0 radical (unpaired) electrons. The highest BCUT2D eigenvalue weighted by atomic mass is 35.5. The standard InChI is InChI=1S/C17H13Cl2NO4S/c18-12-6-7-13(19)14(10-12)20-17(21)15-16(11-4-2-1-3-5-11)25(22,23)9-8-24-15/h1-7,10H,8-9H2,(H,20,21). The van der Waals surface area contributed by atoms with Crippen molar-refractivity contribution in [2.45, 2.75) is 0 Å². The van der Waals surface area contributed by atoms with Crippen molar-refractivity contribution in [2.75, 3.05) is 17.7 Å². The van der Waals surface area contributed by atoms with Gasteiger partial charge in [0.05, 0.1) is 16.5 Å². The van der Waals surface area contributed by atoms with E-state index in [1.165, 1.54) is 12.1 Å². The van der Waals surface area contributed by atoms with Crippen LogP contribution in [0.4, 0.5) is 5.69 Å². The molecule has 0 bridgehead atoms. The van der Waals surface area contributed by atoms with Crippen LogP contribution in [0.15, 0.2) is 54.3 Å². The lowest BCUT2D eigenvalue weighted by molar-refractivity contribution is -0.115. The van der Waals surface area contributed by atoms with E-state index in [9.17, 15) is 13.2 Å². The predicted molar refractivity (Wildman–Crippen MR) is 98.2 cm³/mol. The number of hydrogen-bond acceptors (Lipinski definition) is 4. The highest BCUT2D eigenvalue weighted by Gasteiger charge is 2.33. The monoisotopic (exact) mass is 397 g/mol. The maximum Gasteiger partial charge on any atom is 0.292 e. The molecule has 1 aliphatic rings. The normalized spacial score (nSPS) is 16.2. The van der Waals surface area contributed by atoms with Crippen molar-refractivity contribution in [3.63, 3.8) is 0 Å². The Balaban J connectivity index is 2.06. The van der Waals surface area contributed by atoms with Gasteiger partial charge in [-0.2, -0.15) is 0 Å². The number of sulfone groups is 1. The third-order valence-corrected chi connectivity index (χ3v) is 5.85. The first-order valence-corrected chi connectivity index (χ1v) is 9.71. The van der Waals surface area contributed by atoms with Crippen molar-refractivity contribution in [1.29, 1.82) is 0 Å². The van der Waals surface area contributed by atoms with Gasteiger partial charge in [0.1, 0.15) is 11.5 Å². The van der Waals surface area contributed by atoms with Crippen molar-refractivity contribution in [3.8, 4) is 0 Å². The number of rotatable bonds is 3. The molecule has 0 aromatic heterocycles. The van der Waals surface area contributed by atoms with E-state index in [0.29, 0.717) is 10.6 Å². The largest absolute Gasteiger partial charge is 0.486 e. The molecule has 0 atom stereocenters. The average molecular weight is 398 g/mol. The summed E-state index contributed by atoms with van der Waals surface area (Å²) in [6, 6.07) is 12.9. The van der Waals surface area contributed by atoms with Gasteiger partial charge in [0.15, 0.2) is 9.84 Å². The SMILES string of the molecule is O=C(Nc1cc(Cl)ccc1Cl)C1=C(c2ccccc2)S(=O)(=O)CCO1. The first-order chi connectivity index (χ1) is 11.9. The summed E-state index contributed by atoms with van der Waals surface area (Å²) >= 11 is 11.9. The number of benzene rings is 2. The predicted octanol–water partition coefficient (Wildman–Crippen LogP) is 3.75. The molecule has 0 saturated carbocycles. The second kappa shape index (κ2) is 7.07. The minimum absolute atomic E-state index is 0.0926. The molecule has 130 valence electrons. The quantitative estimate of drug-likeness (QED) is 0.855. The molecule has 0 unspecified atom stereocenters. The van der Waals surface area contributed by atoms with E-state index in [4.69, 9.17) is 27.9 Å². The van der Waals surface area contributed by atoms with E-state index >= 15 is 0 Å². The number of amides is 1. The molecule has 2 aromatic rings. The Hall–Kier alpha value is -2.02. The summed E-state index contributed by atoms with van der Waals surface area (Å²) in [6.07, 6.45) is 0. The fourth-order valence-corrected chi connectivity index (χ4v) is 4.18. The third-order valence-electron chi connectivity index (χ3n) is 3.53. The van der Waals surface area contributed by atoms with Crippen LogP contribution in [0.3, 0.4) is 0 Å². The van der Waals surface area contributed by atoms with Gasteiger partial charge in [-0.05, 0) is 23.8 Å². The zero-order chi connectivity index (χ0) is 18.0. The highest BCUT2D eigenvalue weighted by molar-refractivity contribution is 8.00. The molecule has 8 heteroatoms. The molecule has 3 rings (SSSR count). The van der Waals surface area contributed by atoms with Crippen LogP contribution < -0.4 is 5.32 Å². The molecule has 5 nitrogen and oxygen atoms in total. The molecule has 0 aliphatic carbocycles. The van der Waals surface area contributed by atoms with Crippen LogP contribution in [0.25, 0.3) is 4.91 Å². The second-order valence-electron chi connectivity index (χ2n) is 5.27. The first kappa shape index (κ1) is 17.8. The van der Waals surface area contributed by atoms with Crippen LogP contribution in [0.1, 0.15) is 5.56 Å². The van der Waals surface area contributed by atoms with Crippen LogP contribution in [-0.4, -0.2) is 26.7 Å². The lowest BCUT2D eigenvalue weighted by Gasteiger charge is -2.21. The van der Waals surface area contributed by atoms with Gasteiger partial charge in [-0.3, -0.25) is 4.79 Å². The number of carbonyl (C=O) groups excluding carboxylic acids is 1. The highest BCUT2D eigenvalue weighted by Crippen LogP contribution is 2.32. The maximum atomic E-state index is 12.6. The molecule has 0 spiro atoms. The van der Waals surface area contributed by atoms with Gasteiger partial charge >= 0.3 is 0 Å². The van der Waals surface area contributed by atoms with Gasteiger partial charge in [0, 0.05) is 5.02 Å². The molecule has 1 N–H and O–H groups in total. The van der Waals surface area contributed by atoms with Crippen molar-refractivity contribution < 1.29 is 17.9 Å². The minimum Gasteiger partial charge on any atom is -0.486 e. The Morgan fingerprint density at radius 2 is 1.80 bits per heavy atom. The number of ether oxygens (including phenoxy) is 1.